The van der Waals surface area contributed by atoms with Gasteiger partial charge in [-0.15, -0.1) is 0 Å². The van der Waals surface area contributed by atoms with Gasteiger partial charge in [-0.3, -0.25) is 4.98 Å². The van der Waals surface area contributed by atoms with E-state index < -0.39 is 17.7 Å². The second-order valence-electron chi connectivity index (χ2n) is 6.31. The van der Waals surface area contributed by atoms with Crippen LogP contribution in [-0.4, -0.2) is 32.1 Å². The quantitative estimate of drug-likeness (QED) is 0.271. The van der Waals surface area contributed by atoms with E-state index in [2.05, 4.69) is 4.98 Å². The number of ether oxygens (including phenoxy) is 3. The van der Waals surface area contributed by atoms with Crippen LogP contribution in [0.1, 0.15) is 5.69 Å². The summed E-state index contributed by atoms with van der Waals surface area (Å²) in [6.45, 7) is 0.663. The van der Waals surface area contributed by atoms with Crippen LogP contribution in [0.4, 0.5) is 17.6 Å². The van der Waals surface area contributed by atoms with Crippen LogP contribution in [0.3, 0.4) is 0 Å². The van der Waals surface area contributed by atoms with Crippen LogP contribution >= 0.6 is 0 Å². The number of hydrogen-bond donors (Lipinski definition) is 0. The Balaban J connectivity index is 1.94. The molecule has 0 aliphatic carbocycles. The van der Waals surface area contributed by atoms with Gasteiger partial charge in [0.15, 0.2) is 6.79 Å². The molecule has 1 heterocycles. The van der Waals surface area contributed by atoms with Crippen LogP contribution in [0.15, 0.2) is 60.8 Å². The van der Waals surface area contributed by atoms with E-state index in [1.54, 1.807) is 37.4 Å². The molecule has 0 spiro atoms. The standard InChI is InChI=1S/C22H19F4NO3/c1-28-9-10-29-14-30-20-7-5-16(15-3-2-4-18(23)11-15)12-19(20)17-6-8-21(27-13-17)22(24,25)26/h2-8,11-13H,9-10,14H2,1H3. The van der Waals surface area contributed by atoms with Gasteiger partial charge in [0.05, 0.1) is 13.2 Å². The Morgan fingerprint density at radius 1 is 0.900 bits per heavy atom. The summed E-state index contributed by atoms with van der Waals surface area (Å²) in [5.74, 6) is 0.00578. The highest BCUT2D eigenvalue weighted by molar-refractivity contribution is 5.77. The highest BCUT2D eigenvalue weighted by Gasteiger charge is 2.32. The highest BCUT2D eigenvalue weighted by atomic mass is 19.4. The number of pyridine rings is 1. The largest absolute Gasteiger partial charge is 0.467 e. The maximum atomic E-state index is 13.6. The number of rotatable bonds is 8. The van der Waals surface area contributed by atoms with Gasteiger partial charge in [-0.25, -0.2) is 4.39 Å². The molecule has 8 heteroatoms. The molecule has 3 rings (SSSR count). The molecule has 0 aliphatic heterocycles. The SMILES string of the molecule is COCCOCOc1ccc(-c2cccc(F)c2)cc1-c1ccc(C(F)(F)F)nc1. The van der Waals surface area contributed by atoms with Crippen LogP contribution in [0.5, 0.6) is 5.75 Å². The topological polar surface area (TPSA) is 40.6 Å². The maximum absolute atomic E-state index is 13.6. The molecule has 1 aromatic heterocycles. The van der Waals surface area contributed by atoms with E-state index in [1.807, 2.05) is 0 Å². The minimum Gasteiger partial charge on any atom is -0.467 e. The molecule has 0 aliphatic rings. The van der Waals surface area contributed by atoms with Gasteiger partial charge in [-0.05, 0) is 41.5 Å². The molecule has 2 aromatic carbocycles. The molecule has 0 saturated heterocycles. The Kier molecular flexibility index (Phi) is 7.02. The molecule has 0 fully saturated rings. The summed E-state index contributed by atoms with van der Waals surface area (Å²) in [5.41, 5.74) is 1.25. The fourth-order valence-electron chi connectivity index (χ4n) is 2.76. The number of benzene rings is 2. The Hall–Kier alpha value is -2.97. The van der Waals surface area contributed by atoms with Gasteiger partial charge in [0.25, 0.3) is 0 Å². The molecule has 30 heavy (non-hydrogen) atoms. The average molecular weight is 421 g/mol. The van der Waals surface area contributed by atoms with Crippen LogP contribution in [0, 0.1) is 5.82 Å². The lowest BCUT2D eigenvalue weighted by atomic mass is 9.99. The second-order valence-corrected chi connectivity index (χ2v) is 6.31. The lowest BCUT2D eigenvalue weighted by molar-refractivity contribution is -0.141. The monoisotopic (exact) mass is 421 g/mol. The minimum absolute atomic E-state index is 0.0657. The molecular weight excluding hydrogens is 402 g/mol. The Morgan fingerprint density at radius 2 is 1.67 bits per heavy atom. The Bertz CT molecular complexity index is 975. The third kappa shape index (κ3) is 5.55. The van der Waals surface area contributed by atoms with Crippen molar-refractivity contribution in [2.24, 2.45) is 0 Å². The van der Waals surface area contributed by atoms with Crippen LogP contribution in [-0.2, 0) is 15.7 Å². The van der Waals surface area contributed by atoms with Gasteiger partial charge in [0, 0.05) is 24.4 Å². The summed E-state index contributed by atoms with van der Waals surface area (Å²) in [7, 11) is 1.55. The van der Waals surface area contributed by atoms with Crippen molar-refractivity contribution in [1.29, 1.82) is 0 Å². The highest BCUT2D eigenvalue weighted by Crippen LogP contribution is 2.36. The normalized spacial score (nSPS) is 11.5. The smallest absolute Gasteiger partial charge is 0.433 e. The van der Waals surface area contributed by atoms with Crippen molar-refractivity contribution in [3.05, 3.63) is 72.3 Å². The van der Waals surface area contributed by atoms with E-state index >= 15 is 0 Å². The van der Waals surface area contributed by atoms with Gasteiger partial charge in [-0.1, -0.05) is 24.3 Å². The molecular formula is C22H19F4NO3. The molecule has 0 atom stereocenters. The molecule has 0 N–H and O–H groups in total. The summed E-state index contributed by atoms with van der Waals surface area (Å²) in [6, 6.07) is 13.4. The summed E-state index contributed by atoms with van der Waals surface area (Å²) >= 11 is 0. The van der Waals surface area contributed by atoms with E-state index in [0.29, 0.717) is 41.2 Å². The fourth-order valence-corrected chi connectivity index (χ4v) is 2.76. The van der Waals surface area contributed by atoms with Crippen LogP contribution < -0.4 is 4.74 Å². The number of methoxy groups -OCH3 is 1. The number of aromatic nitrogens is 1. The minimum atomic E-state index is -4.53. The molecule has 0 radical (unpaired) electrons. The zero-order chi connectivity index (χ0) is 21.6. The van der Waals surface area contributed by atoms with Crippen molar-refractivity contribution in [1.82, 2.24) is 4.98 Å². The van der Waals surface area contributed by atoms with Crippen molar-refractivity contribution in [3.8, 4) is 28.0 Å². The van der Waals surface area contributed by atoms with E-state index in [-0.39, 0.29) is 6.79 Å². The zero-order valence-corrected chi connectivity index (χ0v) is 16.1. The molecule has 0 amide bonds. The van der Waals surface area contributed by atoms with E-state index in [4.69, 9.17) is 14.2 Å². The summed E-state index contributed by atoms with van der Waals surface area (Å²) in [4.78, 5) is 3.52. The van der Waals surface area contributed by atoms with Gasteiger partial charge in [0.1, 0.15) is 17.3 Å². The number of alkyl halides is 3. The van der Waals surface area contributed by atoms with Crippen molar-refractivity contribution < 1.29 is 31.8 Å². The second kappa shape index (κ2) is 9.69. The summed E-state index contributed by atoms with van der Waals surface area (Å²) in [6.07, 6.45) is -3.40. The van der Waals surface area contributed by atoms with Crippen molar-refractivity contribution >= 4 is 0 Å². The summed E-state index contributed by atoms with van der Waals surface area (Å²) < 4.78 is 68.0. The van der Waals surface area contributed by atoms with Crippen LogP contribution in [0.25, 0.3) is 22.3 Å². The first-order valence-corrected chi connectivity index (χ1v) is 9.01. The first-order valence-electron chi connectivity index (χ1n) is 9.01. The number of halogens is 4. The van der Waals surface area contributed by atoms with Crippen LogP contribution in [0.2, 0.25) is 0 Å². The predicted molar refractivity (Wildman–Crippen MR) is 103 cm³/mol. The number of nitrogens with zero attached hydrogens (tertiary/aromatic N) is 1. The molecule has 3 aromatic rings. The van der Waals surface area contributed by atoms with E-state index in [0.717, 1.165) is 12.3 Å². The zero-order valence-electron chi connectivity index (χ0n) is 16.1. The van der Waals surface area contributed by atoms with Crippen molar-refractivity contribution in [2.45, 2.75) is 6.18 Å². The van der Waals surface area contributed by atoms with E-state index in [1.165, 1.54) is 18.2 Å². The van der Waals surface area contributed by atoms with Crippen molar-refractivity contribution in [2.75, 3.05) is 27.1 Å². The van der Waals surface area contributed by atoms with Gasteiger partial charge < -0.3 is 14.2 Å². The van der Waals surface area contributed by atoms with Gasteiger partial charge >= 0.3 is 6.18 Å². The molecule has 0 saturated carbocycles. The molecule has 4 nitrogen and oxygen atoms in total. The van der Waals surface area contributed by atoms with E-state index in [9.17, 15) is 17.6 Å². The van der Waals surface area contributed by atoms with Gasteiger partial charge in [0.2, 0.25) is 0 Å². The first-order chi connectivity index (χ1) is 14.4. The lowest BCUT2D eigenvalue weighted by Crippen LogP contribution is -2.09. The third-order valence-electron chi connectivity index (χ3n) is 4.23. The average Bonchev–Trinajstić information content (AvgIpc) is 2.73. The summed E-state index contributed by atoms with van der Waals surface area (Å²) in [5, 5.41) is 0. The maximum Gasteiger partial charge on any atom is 0.433 e. The number of hydrogen-bond acceptors (Lipinski definition) is 4. The Morgan fingerprint density at radius 3 is 2.33 bits per heavy atom. The van der Waals surface area contributed by atoms with Gasteiger partial charge in [-0.2, -0.15) is 13.2 Å². The van der Waals surface area contributed by atoms with Crippen molar-refractivity contribution in [3.63, 3.8) is 0 Å². The first kappa shape index (κ1) is 21.7. The lowest BCUT2D eigenvalue weighted by Gasteiger charge is -2.14. The Labute approximate surface area is 171 Å². The third-order valence-corrected chi connectivity index (χ3v) is 4.23. The fraction of sp³-hybridized carbons (Fsp3) is 0.227. The predicted octanol–water partition coefficient (Wildman–Crippen LogP) is 5.57. The molecule has 0 bridgehead atoms. The molecule has 0 unspecified atom stereocenters. The molecule has 158 valence electrons.